The first kappa shape index (κ1) is 26.9. The van der Waals surface area contributed by atoms with Gasteiger partial charge in [-0.05, 0) is 19.2 Å². The van der Waals surface area contributed by atoms with Gasteiger partial charge in [-0.15, -0.1) is 0 Å². The highest BCUT2D eigenvalue weighted by atomic mass is 35.5. The molecule has 3 heterocycles. The number of urea groups is 1. The zero-order valence-corrected chi connectivity index (χ0v) is 23.5. The van der Waals surface area contributed by atoms with Crippen molar-refractivity contribution in [3.05, 3.63) is 46.7 Å². The van der Waals surface area contributed by atoms with Crippen molar-refractivity contribution < 1.29 is 19.0 Å². The van der Waals surface area contributed by atoms with Crippen molar-refractivity contribution in [2.45, 2.75) is 6.04 Å². The Morgan fingerprint density at radius 3 is 2.56 bits per heavy atom. The van der Waals surface area contributed by atoms with Crippen LogP contribution in [-0.4, -0.2) is 81.5 Å². The van der Waals surface area contributed by atoms with Crippen LogP contribution >= 0.6 is 23.2 Å². The van der Waals surface area contributed by atoms with Gasteiger partial charge >= 0.3 is 6.03 Å². The second-order valence-corrected chi connectivity index (χ2v) is 10.0. The third-order valence-electron chi connectivity index (χ3n) is 6.77. The number of rotatable bonds is 6. The van der Waals surface area contributed by atoms with Gasteiger partial charge < -0.3 is 34.6 Å². The Morgan fingerprint density at radius 2 is 1.85 bits per heavy atom. The van der Waals surface area contributed by atoms with E-state index in [9.17, 15) is 4.79 Å². The van der Waals surface area contributed by atoms with Gasteiger partial charge in [0.15, 0.2) is 0 Å². The number of methoxy groups -OCH3 is 2. The Morgan fingerprint density at radius 1 is 1.10 bits per heavy atom. The lowest BCUT2D eigenvalue weighted by Crippen LogP contribution is -2.56. The molecule has 1 atom stereocenters. The number of piperazine rings is 1. The van der Waals surface area contributed by atoms with Gasteiger partial charge in [-0.25, -0.2) is 14.8 Å². The standard InChI is InChI=1S/C26H29Cl2N7O4/c1-33-7-8-35-16(12-33)13-39-18-9-15(5-6-17(18)35)31-21-11-22(30-14-29-21)34(2)26(36)32-25-23(27)19(37-3)10-20(38-4)24(25)28/h5-6,9-11,14,16H,7-8,12-13H2,1-4H3,(H,32,36)(H,29,30,31)/t16-/m1/s1. The molecule has 1 fully saturated rings. The first-order valence-corrected chi connectivity index (χ1v) is 13.0. The smallest absolute Gasteiger partial charge is 0.327 e. The molecular formula is C26H29Cl2N7O4. The highest BCUT2D eigenvalue weighted by Crippen LogP contribution is 2.44. The highest BCUT2D eigenvalue weighted by Gasteiger charge is 2.31. The third-order valence-corrected chi connectivity index (χ3v) is 7.52. The summed E-state index contributed by atoms with van der Waals surface area (Å²) >= 11 is 12.8. The Balaban J connectivity index is 1.31. The number of nitrogens with one attached hydrogen (secondary N) is 2. The van der Waals surface area contributed by atoms with Gasteiger partial charge in [0.25, 0.3) is 0 Å². The van der Waals surface area contributed by atoms with Crippen molar-refractivity contribution in [3.8, 4) is 17.2 Å². The van der Waals surface area contributed by atoms with Crippen LogP contribution in [0.25, 0.3) is 0 Å². The summed E-state index contributed by atoms with van der Waals surface area (Å²) in [5, 5.41) is 6.28. The van der Waals surface area contributed by atoms with Gasteiger partial charge in [0.1, 0.15) is 51.9 Å². The highest BCUT2D eigenvalue weighted by molar-refractivity contribution is 6.41. The van der Waals surface area contributed by atoms with Crippen LogP contribution in [0.1, 0.15) is 0 Å². The number of halogens is 2. The monoisotopic (exact) mass is 573 g/mol. The molecule has 2 aliphatic heterocycles. The maximum absolute atomic E-state index is 13.1. The van der Waals surface area contributed by atoms with Crippen molar-refractivity contribution in [2.24, 2.45) is 0 Å². The summed E-state index contributed by atoms with van der Waals surface area (Å²) in [6.07, 6.45) is 1.37. The number of hydrogen-bond donors (Lipinski definition) is 2. The van der Waals surface area contributed by atoms with Crippen LogP contribution in [0.2, 0.25) is 10.0 Å². The molecule has 3 aromatic rings. The third kappa shape index (κ3) is 5.42. The van der Waals surface area contributed by atoms with Crippen LogP contribution in [0, 0.1) is 0 Å². The van der Waals surface area contributed by atoms with E-state index < -0.39 is 6.03 Å². The molecule has 206 valence electrons. The fourth-order valence-corrected chi connectivity index (χ4v) is 5.23. The molecule has 39 heavy (non-hydrogen) atoms. The lowest BCUT2D eigenvalue weighted by atomic mass is 10.1. The number of ether oxygens (including phenoxy) is 3. The summed E-state index contributed by atoms with van der Waals surface area (Å²) in [6.45, 7) is 3.61. The zero-order valence-electron chi connectivity index (χ0n) is 22.0. The average Bonchev–Trinajstić information content (AvgIpc) is 2.94. The number of carbonyl (C=O) groups is 1. The minimum atomic E-state index is -0.525. The second kappa shape index (κ2) is 11.2. The second-order valence-electron chi connectivity index (χ2n) is 9.26. The molecular weight excluding hydrogens is 545 g/mol. The van der Waals surface area contributed by atoms with E-state index in [1.807, 2.05) is 12.1 Å². The normalized spacial score (nSPS) is 16.5. The van der Waals surface area contributed by atoms with Crippen LogP contribution in [0.4, 0.5) is 33.5 Å². The maximum atomic E-state index is 13.1. The van der Waals surface area contributed by atoms with E-state index in [2.05, 4.69) is 43.5 Å². The van der Waals surface area contributed by atoms with Crippen molar-refractivity contribution in [1.29, 1.82) is 0 Å². The van der Waals surface area contributed by atoms with E-state index in [-0.39, 0.29) is 15.7 Å². The van der Waals surface area contributed by atoms with Crippen LogP contribution < -0.4 is 34.6 Å². The molecule has 1 aromatic heterocycles. The van der Waals surface area contributed by atoms with Crippen molar-refractivity contribution >= 4 is 57.9 Å². The molecule has 1 saturated heterocycles. The van der Waals surface area contributed by atoms with Gasteiger partial charge in [-0.2, -0.15) is 0 Å². The fourth-order valence-electron chi connectivity index (χ4n) is 4.64. The summed E-state index contributed by atoms with van der Waals surface area (Å²) in [5.74, 6) is 2.30. The van der Waals surface area contributed by atoms with Gasteiger partial charge in [0.2, 0.25) is 0 Å². The summed E-state index contributed by atoms with van der Waals surface area (Å²) < 4.78 is 16.6. The van der Waals surface area contributed by atoms with E-state index in [0.717, 1.165) is 36.8 Å². The molecule has 13 heteroatoms. The number of carbonyl (C=O) groups excluding carboxylic acids is 1. The maximum Gasteiger partial charge on any atom is 0.327 e. The summed E-state index contributed by atoms with van der Waals surface area (Å²) in [5.41, 5.74) is 2.06. The van der Waals surface area contributed by atoms with Gasteiger partial charge in [0, 0.05) is 50.6 Å². The van der Waals surface area contributed by atoms with Gasteiger partial charge in [-0.3, -0.25) is 4.90 Å². The molecule has 2 aromatic carbocycles. The van der Waals surface area contributed by atoms with Gasteiger partial charge in [-0.1, -0.05) is 23.2 Å². The van der Waals surface area contributed by atoms with E-state index in [1.165, 1.54) is 25.4 Å². The number of likely N-dealkylation sites (N-methyl/N-ethyl adjacent to an activating group) is 1. The lowest BCUT2D eigenvalue weighted by Gasteiger charge is -2.44. The minimum Gasteiger partial charge on any atom is -0.495 e. The molecule has 2 aliphatic rings. The summed E-state index contributed by atoms with van der Waals surface area (Å²) in [4.78, 5) is 27.7. The molecule has 0 saturated carbocycles. The molecule has 0 aliphatic carbocycles. The molecule has 2 amide bonds. The van der Waals surface area contributed by atoms with E-state index in [4.69, 9.17) is 37.4 Å². The zero-order chi connectivity index (χ0) is 27.7. The van der Waals surface area contributed by atoms with Crippen LogP contribution in [0.15, 0.2) is 36.7 Å². The summed E-state index contributed by atoms with van der Waals surface area (Å²) in [6, 6.07) is 9.04. The van der Waals surface area contributed by atoms with Crippen molar-refractivity contribution in [2.75, 3.05) is 75.0 Å². The Labute approximate surface area is 236 Å². The van der Waals surface area contributed by atoms with Crippen LogP contribution in [0.5, 0.6) is 17.2 Å². The number of aromatic nitrogens is 2. The van der Waals surface area contributed by atoms with Crippen LogP contribution in [0.3, 0.4) is 0 Å². The van der Waals surface area contributed by atoms with E-state index >= 15 is 0 Å². The average molecular weight is 574 g/mol. The number of amides is 2. The molecule has 0 unspecified atom stereocenters. The number of fused-ring (bicyclic) bond motifs is 3. The van der Waals surface area contributed by atoms with E-state index in [1.54, 1.807) is 19.2 Å². The SMILES string of the molecule is COc1cc(OC)c(Cl)c(NC(=O)N(C)c2cc(Nc3ccc4c(c3)OC[C@H]3CN(C)CCN43)ncn2)c1Cl. The van der Waals surface area contributed by atoms with Crippen LogP contribution in [-0.2, 0) is 0 Å². The van der Waals surface area contributed by atoms with Crippen molar-refractivity contribution in [3.63, 3.8) is 0 Å². The topological polar surface area (TPSA) is 104 Å². The molecule has 0 spiro atoms. The molecule has 0 radical (unpaired) electrons. The molecule has 11 nitrogen and oxygen atoms in total. The lowest BCUT2D eigenvalue weighted by molar-refractivity contribution is 0.188. The predicted molar refractivity (Wildman–Crippen MR) is 153 cm³/mol. The Hall–Kier alpha value is -3.67. The Kier molecular flexibility index (Phi) is 7.74. The number of hydrogen-bond acceptors (Lipinski definition) is 9. The first-order valence-electron chi connectivity index (χ1n) is 12.2. The molecule has 2 N–H and O–H groups in total. The summed E-state index contributed by atoms with van der Waals surface area (Å²) in [7, 11) is 6.62. The Bertz CT molecular complexity index is 1360. The fraction of sp³-hybridized carbons (Fsp3) is 0.346. The predicted octanol–water partition coefficient (Wildman–Crippen LogP) is 4.73. The number of nitrogens with zero attached hydrogens (tertiary/aromatic N) is 5. The largest absolute Gasteiger partial charge is 0.495 e. The number of anilines is 5. The number of benzene rings is 2. The first-order chi connectivity index (χ1) is 18.8. The van der Waals surface area contributed by atoms with Gasteiger partial charge in [0.05, 0.1) is 31.6 Å². The quantitative estimate of drug-likeness (QED) is 0.433. The van der Waals surface area contributed by atoms with E-state index in [0.29, 0.717) is 35.8 Å². The minimum absolute atomic E-state index is 0.146. The molecule has 5 rings (SSSR count). The molecule has 0 bridgehead atoms. The van der Waals surface area contributed by atoms with Crippen molar-refractivity contribution in [1.82, 2.24) is 14.9 Å².